The zero-order chi connectivity index (χ0) is 8.27. The molecule has 0 aliphatic carbocycles. The molecule has 0 amide bonds. The summed E-state index contributed by atoms with van der Waals surface area (Å²) in [6.07, 6.45) is 0. The molecule has 0 unspecified atom stereocenters. The smallest absolute Gasteiger partial charge is 0.285 e. The Hall–Kier alpha value is -0.780. The van der Waals surface area contributed by atoms with E-state index >= 15 is 0 Å². The Bertz CT molecular complexity index is 281. The third-order valence-corrected chi connectivity index (χ3v) is 1.36. The number of aromatic nitrogens is 1. The fourth-order valence-corrected chi connectivity index (χ4v) is 0.717. The molecule has 0 saturated heterocycles. The number of H-pyrrole nitrogens is 1. The van der Waals surface area contributed by atoms with E-state index in [0.29, 0.717) is 11.3 Å². The molecule has 1 aromatic rings. The molecule has 1 heterocycles. The van der Waals surface area contributed by atoms with Crippen molar-refractivity contribution in [1.29, 1.82) is 0 Å². The lowest BCUT2D eigenvalue weighted by Crippen LogP contribution is -2.13. The van der Waals surface area contributed by atoms with Crippen LogP contribution in [0.25, 0.3) is 0 Å². The van der Waals surface area contributed by atoms with Crippen molar-refractivity contribution in [2.24, 2.45) is 0 Å². The van der Waals surface area contributed by atoms with Gasteiger partial charge in [0, 0.05) is 7.05 Å². The van der Waals surface area contributed by atoms with Gasteiger partial charge in [-0.1, -0.05) is 0 Å². The minimum atomic E-state index is -0.238. The fraction of sp³-hybridized carbons (Fsp3) is 0.500. The number of hydrogen-bond donors (Lipinski definition) is 2. The number of hydroxylamine groups is 1. The van der Waals surface area contributed by atoms with E-state index in [1.165, 1.54) is 0 Å². The molecule has 6 heteroatoms. The summed E-state index contributed by atoms with van der Waals surface area (Å²) in [5.74, 6) is 0.560. The molecule has 0 radical (unpaired) electrons. The Morgan fingerprint density at radius 3 is 2.75 bits per heavy atom. The van der Waals surface area contributed by atoms with Crippen LogP contribution in [0, 0.1) is 6.92 Å². The minimum absolute atomic E-state index is 0. The van der Waals surface area contributed by atoms with Crippen LogP contribution >= 0.6 is 12.4 Å². The highest BCUT2D eigenvalue weighted by Gasteiger charge is 2.07. The van der Waals surface area contributed by atoms with Crippen molar-refractivity contribution < 1.29 is 9.36 Å². The summed E-state index contributed by atoms with van der Waals surface area (Å²) in [5.41, 5.74) is 2.74. The minimum Gasteiger partial charge on any atom is -0.383 e. The van der Waals surface area contributed by atoms with E-state index in [0.717, 1.165) is 0 Å². The van der Waals surface area contributed by atoms with Crippen LogP contribution in [-0.4, -0.2) is 12.2 Å². The summed E-state index contributed by atoms with van der Waals surface area (Å²) in [7, 11) is 1.63. The summed E-state index contributed by atoms with van der Waals surface area (Å²) in [6.45, 7) is 1.92. The maximum absolute atomic E-state index is 10.9. The van der Waals surface area contributed by atoms with Gasteiger partial charge in [-0.15, -0.1) is 12.4 Å². The molecule has 2 N–H and O–H groups in total. The normalized spacial score (nSPS) is 9.50. The number of halogens is 1. The van der Waals surface area contributed by atoms with Crippen LogP contribution in [0.5, 0.6) is 0 Å². The molecule has 0 fully saturated rings. The molecule has 0 aliphatic heterocycles. The molecule has 0 bridgehead atoms. The van der Waals surface area contributed by atoms with E-state index in [1.54, 1.807) is 14.0 Å². The predicted molar refractivity (Wildman–Crippen MR) is 45.2 cm³/mol. The summed E-state index contributed by atoms with van der Waals surface area (Å²) in [6, 6.07) is 0. The first-order chi connectivity index (χ1) is 5.25. The standard InChI is InChI=1S/C6H10N2O3.ClH/c1-4-5(3-10-7-2)6(9)8-11-4;/h7H,3H2,1-2H3,(H,8,9);1H. The molecule has 1 rings (SSSR count). The van der Waals surface area contributed by atoms with Crippen molar-refractivity contribution in [3.8, 4) is 0 Å². The summed E-state index contributed by atoms with van der Waals surface area (Å²) in [5, 5.41) is 2.21. The third kappa shape index (κ3) is 2.37. The van der Waals surface area contributed by atoms with Gasteiger partial charge in [-0.25, -0.2) is 5.48 Å². The lowest BCUT2D eigenvalue weighted by Gasteiger charge is -1.96. The van der Waals surface area contributed by atoms with Crippen LogP contribution in [0.2, 0.25) is 0 Å². The van der Waals surface area contributed by atoms with Crippen LogP contribution in [0.15, 0.2) is 9.32 Å². The van der Waals surface area contributed by atoms with Gasteiger partial charge in [0.05, 0.1) is 5.56 Å². The lowest BCUT2D eigenvalue weighted by molar-refractivity contribution is 0.0434. The quantitative estimate of drug-likeness (QED) is 0.682. The van der Waals surface area contributed by atoms with Gasteiger partial charge < -0.3 is 4.52 Å². The van der Waals surface area contributed by atoms with E-state index in [4.69, 9.17) is 9.36 Å². The van der Waals surface area contributed by atoms with E-state index in [9.17, 15) is 4.79 Å². The zero-order valence-electron chi connectivity index (χ0n) is 6.84. The topological polar surface area (TPSA) is 67.3 Å². The highest BCUT2D eigenvalue weighted by atomic mass is 35.5. The van der Waals surface area contributed by atoms with Crippen molar-refractivity contribution in [2.45, 2.75) is 13.5 Å². The fourth-order valence-electron chi connectivity index (χ4n) is 0.717. The molecule has 0 saturated carbocycles. The number of nitrogens with one attached hydrogen (secondary N) is 2. The van der Waals surface area contributed by atoms with E-state index < -0.39 is 0 Å². The second-order valence-electron chi connectivity index (χ2n) is 2.06. The predicted octanol–water partition coefficient (Wildman–Crippen LogP) is 0.349. The molecule has 12 heavy (non-hydrogen) atoms. The first-order valence-corrected chi connectivity index (χ1v) is 3.21. The van der Waals surface area contributed by atoms with Crippen LogP contribution < -0.4 is 11.0 Å². The number of hydrogen-bond acceptors (Lipinski definition) is 4. The van der Waals surface area contributed by atoms with E-state index in [1.807, 2.05) is 0 Å². The molecule has 0 aliphatic rings. The zero-order valence-corrected chi connectivity index (χ0v) is 7.66. The van der Waals surface area contributed by atoms with Gasteiger partial charge in [0.2, 0.25) is 0 Å². The number of aromatic amines is 1. The van der Waals surface area contributed by atoms with Crippen LogP contribution in [0.1, 0.15) is 11.3 Å². The lowest BCUT2D eigenvalue weighted by atomic mass is 10.3. The van der Waals surface area contributed by atoms with Crippen molar-refractivity contribution >= 4 is 12.4 Å². The first kappa shape index (κ1) is 11.2. The maximum Gasteiger partial charge on any atom is 0.285 e. The Kier molecular flexibility index (Phi) is 4.65. The molecule has 0 aromatic carbocycles. The number of rotatable bonds is 3. The van der Waals surface area contributed by atoms with Crippen molar-refractivity contribution in [2.75, 3.05) is 7.05 Å². The third-order valence-electron chi connectivity index (χ3n) is 1.36. The molecule has 1 aromatic heterocycles. The SMILES string of the molecule is CNOCc1c(C)o[nH]c1=O.Cl. The molecular weight excluding hydrogens is 184 g/mol. The Labute approximate surface area is 75.4 Å². The average molecular weight is 195 g/mol. The molecule has 70 valence electrons. The summed E-state index contributed by atoms with van der Waals surface area (Å²) < 4.78 is 4.75. The monoisotopic (exact) mass is 194 g/mol. The van der Waals surface area contributed by atoms with Gasteiger partial charge in [-0.3, -0.25) is 9.63 Å². The highest BCUT2D eigenvalue weighted by molar-refractivity contribution is 5.85. The van der Waals surface area contributed by atoms with Gasteiger partial charge in [0.15, 0.2) is 0 Å². The summed E-state index contributed by atoms with van der Waals surface area (Å²) >= 11 is 0. The molecule has 5 nitrogen and oxygen atoms in total. The Balaban J connectivity index is 0.00000121. The number of aryl methyl sites for hydroxylation is 1. The Morgan fingerprint density at radius 1 is 1.67 bits per heavy atom. The van der Waals surface area contributed by atoms with Gasteiger partial charge >= 0.3 is 0 Å². The van der Waals surface area contributed by atoms with Gasteiger partial charge in [-0.05, 0) is 6.92 Å². The molecule has 0 atom stereocenters. The molecule has 0 spiro atoms. The van der Waals surface area contributed by atoms with E-state index in [-0.39, 0.29) is 24.6 Å². The summed E-state index contributed by atoms with van der Waals surface area (Å²) in [4.78, 5) is 15.7. The Morgan fingerprint density at radius 2 is 2.33 bits per heavy atom. The van der Waals surface area contributed by atoms with Gasteiger partial charge in [0.25, 0.3) is 5.56 Å². The second kappa shape index (κ2) is 4.97. The van der Waals surface area contributed by atoms with Gasteiger partial charge in [-0.2, -0.15) is 5.16 Å². The van der Waals surface area contributed by atoms with Crippen molar-refractivity contribution in [3.05, 3.63) is 21.7 Å². The van der Waals surface area contributed by atoms with Crippen LogP contribution in [0.4, 0.5) is 0 Å². The maximum atomic E-state index is 10.9. The van der Waals surface area contributed by atoms with Crippen molar-refractivity contribution in [1.82, 2.24) is 10.6 Å². The van der Waals surface area contributed by atoms with Crippen molar-refractivity contribution in [3.63, 3.8) is 0 Å². The largest absolute Gasteiger partial charge is 0.383 e. The first-order valence-electron chi connectivity index (χ1n) is 3.21. The average Bonchev–Trinajstić information content (AvgIpc) is 2.29. The van der Waals surface area contributed by atoms with Crippen LogP contribution in [-0.2, 0) is 11.4 Å². The van der Waals surface area contributed by atoms with Crippen LogP contribution in [0.3, 0.4) is 0 Å². The van der Waals surface area contributed by atoms with E-state index in [2.05, 4.69) is 10.6 Å². The molecular formula is C6H11ClN2O3. The highest BCUT2D eigenvalue weighted by Crippen LogP contribution is 2.00. The second-order valence-corrected chi connectivity index (χ2v) is 2.06. The van der Waals surface area contributed by atoms with Gasteiger partial charge in [0.1, 0.15) is 12.4 Å².